The molecule has 8 heteroatoms. The van der Waals surface area contributed by atoms with E-state index in [9.17, 15) is 18.5 Å². The third kappa shape index (κ3) is 5.68. The van der Waals surface area contributed by atoms with E-state index in [1.54, 1.807) is 14.0 Å². The summed E-state index contributed by atoms with van der Waals surface area (Å²) in [5, 5.41) is 13.6. The maximum Gasteiger partial charge on any atom is 0.270 e. The zero-order chi connectivity index (χ0) is 15.9. The van der Waals surface area contributed by atoms with Gasteiger partial charge in [-0.25, -0.2) is 8.42 Å². The first-order valence-electron chi connectivity index (χ1n) is 6.64. The molecule has 0 aliphatic rings. The number of nitrogens with zero attached hydrogens (tertiary/aromatic N) is 1. The fourth-order valence-electron chi connectivity index (χ4n) is 1.84. The Morgan fingerprint density at radius 3 is 2.62 bits per heavy atom. The molecule has 118 valence electrons. The van der Waals surface area contributed by atoms with Gasteiger partial charge in [0.25, 0.3) is 5.69 Å². The lowest BCUT2D eigenvalue weighted by Gasteiger charge is -2.11. The van der Waals surface area contributed by atoms with Crippen LogP contribution in [0.4, 0.5) is 5.69 Å². The van der Waals surface area contributed by atoms with Crippen LogP contribution in [0.25, 0.3) is 0 Å². The molecule has 0 amide bonds. The molecule has 0 aromatic heterocycles. The van der Waals surface area contributed by atoms with Crippen molar-refractivity contribution in [2.24, 2.45) is 0 Å². The van der Waals surface area contributed by atoms with Crippen molar-refractivity contribution in [1.29, 1.82) is 0 Å². The summed E-state index contributed by atoms with van der Waals surface area (Å²) < 4.78 is 28.7. The molecule has 1 N–H and O–H groups in total. The number of sulfone groups is 1. The van der Waals surface area contributed by atoms with Gasteiger partial charge in [-0.1, -0.05) is 6.92 Å². The van der Waals surface area contributed by atoms with Crippen LogP contribution < -0.4 is 10.1 Å². The predicted octanol–water partition coefficient (Wildman–Crippen LogP) is 1.52. The SMILES string of the molecule is CCCS(=O)(=O)CCOc1ccc([N+](=O)[O-])cc1CNC. The van der Waals surface area contributed by atoms with Gasteiger partial charge in [0.15, 0.2) is 9.84 Å². The number of nitro groups is 1. The quantitative estimate of drug-likeness (QED) is 0.548. The number of nitrogens with one attached hydrogen (secondary N) is 1. The number of ether oxygens (including phenoxy) is 1. The molecule has 0 saturated carbocycles. The highest BCUT2D eigenvalue weighted by atomic mass is 32.2. The van der Waals surface area contributed by atoms with E-state index in [-0.39, 0.29) is 23.8 Å². The fraction of sp³-hybridized carbons (Fsp3) is 0.538. The van der Waals surface area contributed by atoms with Crippen LogP contribution in [0.1, 0.15) is 18.9 Å². The maximum absolute atomic E-state index is 11.6. The van der Waals surface area contributed by atoms with Crippen molar-refractivity contribution in [1.82, 2.24) is 5.32 Å². The van der Waals surface area contributed by atoms with Crippen molar-refractivity contribution in [3.8, 4) is 5.75 Å². The number of non-ortho nitro benzene ring substituents is 1. The van der Waals surface area contributed by atoms with Crippen LogP contribution in [0.15, 0.2) is 18.2 Å². The van der Waals surface area contributed by atoms with E-state index >= 15 is 0 Å². The van der Waals surface area contributed by atoms with Gasteiger partial charge in [-0.3, -0.25) is 10.1 Å². The Labute approximate surface area is 124 Å². The van der Waals surface area contributed by atoms with Gasteiger partial charge in [-0.2, -0.15) is 0 Å². The first-order valence-corrected chi connectivity index (χ1v) is 8.47. The van der Waals surface area contributed by atoms with Crippen LogP contribution in [-0.4, -0.2) is 38.5 Å². The minimum Gasteiger partial charge on any atom is -0.492 e. The molecule has 0 atom stereocenters. The number of hydrogen-bond donors (Lipinski definition) is 1. The zero-order valence-electron chi connectivity index (χ0n) is 12.2. The maximum atomic E-state index is 11.6. The minimum atomic E-state index is -3.10. The molecule has 0 radical (unpaired) electrons. The van der Waals surface area contributed by atoms with E-state index in [0.717, 1.165) is 0 Å². The Balaban J connectivity index is 2.76. The van der Waals surface area contributed by atoms with Crippen LogP contribution >= 0.6 is 0 Å². The van der Waals surface area contributed by atoms with Gasteiger partial charge in [0, 0.05) is 24.2 Å². The van der Waals surface area contributed by atoms with Crippen LogP contribution in [0.2, 0.25) is 0 Å². The smallest absolute Gasteiger partial charge is 0.270 e. The van der Waals surface area contributed by atoms with Crippen molar-refractivity contribution in [2.75, 3.05) is 25.2 Å². The Kier molecular flexibility index (Phi) is 6.57. The molecule has 21 heavy (non-hydrogen) atoms. The summed E-state index contributed by atoms with van der Waals surface area (Å²) in [5.74, 6) is 0.540. The molecule has 0 bridgehead atoms. The lowest BCUT2D eigenvalue weighted by atomic mass is 10.2. The zero-order valence-corrected chi connectivity index (χ0v) is 13.0. The largest absolute Gasteiger partial charge is 0.492 e. The standard InChI is InChI=1S/C13H20N2O5S/c1-3-7-21(18,19)8-6-20-13-5-4-12(15(16)17)9-11(13)10-14-2/h4-5,9,14H,3,6-8,10H2,1-2H3. The summed E-state index contributed by atoms with van der Waals surface area (Å²) in [4.78, 5) is 10.3. The monoisotopic (exact) mass is 316 g/mol. The van der Waals surface area contributed by atoms with Crippen LogP contribution in [0, 0.1) is 10.1 Å². The van der Waals surface area contributed by atoms with Crippen molar-refractivity contribution in [3.05, 3.63) is 33.9 Å². The minimum absolute atomic E-state index is 0.0220. The van der Waals surface area contributed by atoms with Gasteiger partial charge in [0.05, 0.1) is 16.4 Å². The van der Waals surface area contributed by atoms with Crippen LogP contribution in [-0.2, 0) is 16.4 Å². The molecule has 0 saturated heterocycles. The topological polar surface area (TPSA) is 98.5 Å². The Bertz CT molecular complexity index is 586. The van der Waals surface area contributed by atoms with Gasteiger partial charge in [-0.05, 0) is 19.5 Å². The molecule has 0 aliphatic heterocycles. The molecular formula is C13H20N2O5S. The van der Waals surface area contributed by atoms with Gasteiger partial charge < -0.3 is 10.1 Å². The van der Waals surface area contributed by atoms with E-state index in [4.69, 9.17) is 4.74 Å². The van der Waals surface area contributed by atoms with E-state index in [1.165, 1.54) is 18.2 Å². The van der Waals surface area contributed by atoms with Crippen LogP contribution in [0.3, 0.4) is 0 Å². The molecule has 0 unspecified atom stereocenters. The number of nitro benzene ring substituents is 1. The van der Waals surface area contributed by atoms with Crippen molar-refractivity contribution < 1.29 is 18.1 Å². The van der Waals surface area contributed by atoms with Gasteiger partial charge in [-0.15, -0.1) is 0 Å². The van der Waals surface area contributed by atoms with Crippen molar-refractivity contribution in [2.45, 2.75) is 19.9 Å². The second kappa shape index (κ2) is 7.94. The molecule has 1 rings (SSSR count). The van der Waals surface area contributed by atoms with Gasteiger partial charge in [0.1, 0.15) is 12.4 Å². The summed E-state index contributed by atoms with van der Waals surface area (Å²) in [6.45, 7) is 2.25. The molecule has 7 nitrogen and oxygen atoms in total. The average molecular weight is 316 g/mol. The van der Waals surface area contributed by atoms with Crippen molar-refractivity contribution in [3.63, 3.8) is 0 Å². The van der Waals surface area contributed by atoms with Crippen LogP contribution in [0.5, 0.6) is 5.75 Å². The predicted molar refractivity (Wildman–Crippen MR) is 80.3 cm³/mol. The van der Waals surface area contributed by atoms with E-state index in [2.05, 4.69) is 5.32 Å². The Hall–Kier alpha value is -1.67. The first-order chi connectivity index (χ1) is 9.89. The lowest BCUT2D eigenvalue weighted by molar-refractivity contribution is -0.384. The summed E-state index contributed by atoms with van der Waals surface area (Å²) in [7, 11) is -1.38. The average Bonchev–Trinajstić information content (AvgIpc) is 2.40. The normalized spacial score (nSPS) is 11.3. The molecule has 0 heterocycles. The van der Waals surface area contributed by atoms with E-state index in [1.807, 2.05) is 0 Å². The molecular weight excluding hydrogens is 296 g/mol. The second-order valence-electron chi connectivity index (χ2n) is 4.58. The molecule has 0 aliphatic carbocycles. The summed E-state index contributed by atoms with van der Waals surface area (Å²) >= 11 is 0. The summed E-state index contributed by atoms with van der Waals surface area (Å²) in [6, 6.07) is 4.26. The van der Waals surface area contributed by atoms with Gasteiger partial charge >= 0.3 is 0 Å². The number of hydrogen-bond acceptors (Lipinski definition) is 6. The van der Waals surface area contributed by atoms with Gasteiger partial charge in [0.2, 0.25) is 0 Å². The molecule has 0 fully saturated rings. The number of rotatable bonds is 9. The second-order valence-corrected chi connectivity index (χ2v) is 6.88. The third-order valence-electron chi connectivity index (χ3n) is 2.79. The molecule has 0 spiro atoms. The van der Waals surface area contributed by atoms with Crippen molar-refractivity contribution >= 4 is 15.5 Å². The fourth-order valence-corrected chi connectivity index (χ4v) is 3.00. The Morgan fingerprint density at radius 1 is 1.33 bits per heavy atom. The number of benzene rings is 1. The summed E-state index contributed by atoms with van der Waals surface area (Å²) in [5.41, 5.74) is 0.603. The van der Waals surface area contributed by atoms with E-state index < -0.39 is 14.8 Å². The highest BCUT2D eigenvalue weighted by molar-refractivity contribution is 7.91. The first kappa shape index (κ1) is 17.4. The van der Waals surface area contributed by atoms with E-state index in [0.29, 0.717) is 24.3 Å². The highest BCUT2D eigenvalue weighted by Crippen LogP contribution is 2.24. The highest BCUT2D eigenvalue weighted by Gasteiger charge is 2.13. The summed E-state index contributed by atoms with van der Waals surface area (Å²) in [6.07, 6.45) is 0.574. The molecule has 1 aromatic rings. The molecule has 1 aromatic carbocycles. The lowest BCUT2D eigenvalue weighted by Crippen LogP contribution is -2.17. The third-order valence-corrected chi connectivity index (χ3v) is 4.61. The Morgan fingerprint density at radius 2 is 2.05 bits per heavy atom.